The SMILES string of the molecule is COc1cc(C(=O)Nc2cc(-c3ccccc3)nn2-c2cccc(F)c2)ccn1. The van der Waals surface area contributed by atoms with Crippen molar-refractivity contribution in [3.05, 3.63) is 90.4 Å². The standard InChI is InChI=1S/C22H17FN4O2/c1-29-21-12-16(10-11-24-21)22(28)25-20-14-19(15-6-3-2-4-7-15)26-27(20)18-9-5-8-17(23)13-18/h2-14H,1H3,(H,25,28). The molecule has 0 bridgehead atoms. The number of amides is 1. The molecular weight excluding hydrogens is 371 g/mol. The van der Waals surface area contributed by atoms with Crippen LogP contribution >= 0.6 is 0 Å². The first-order chi connectivity index (χ1) is 14.1. The third kappa shape index (κ3) is 3.98. The van der Waals surface area contributed by atoms with E-state index < -0.39 is 5.82 Å². The molecule has 1 N–H and O–H groups in total. The quantitative estimate of drug-likeness (QED) is 0.552. The minimum Gasteiger partial charge on any atom is -0.481 e. The molecule has 0 aliphatic heterocycles. The summed E-state index contributed by atoms with van der Waals surface area (Å²) in [6.45, 7) is 0. The van der Waals surface area contributed by atoms with Gasteiger partial charge in [-0.05, 0) is 24.3 Å². The minimum absolute atomic E-state index is 0.335. The molecule has 0 saturated carbocycles. The van der Waals surface area contributed by atoms with Crippen molar-refractivity contribution in [3.8, 4) is 22.8 Å². The molecule has 2 aromatic heterocycles. The number of benzene rings is 2. The van der Waals surface area contributed by atoms with Gasteiger partial charge >= 0.3 is 0 Å². The average Bonchev–Trinajstić information content (AvgIpc) is 3.18. The maximum atomic E-state index is 13.8. The molecule has 0 unspecified atom stereocenters. The summed E-state index contributed by atoms with van der Waals surface area (Å²) >= 11 is 0. The predicted octanol–water partition coefficient (Wildman–Crippen LogP) is 4.33. The number of carbonyl (C=O) groups is 1. The highest BCUT2D eigenvalue weighted by Gasteiger charge is 2.16. The summed E-state index contributed by atoms with van der Waals surface area (Å²) in [5.74, 6) is -0.00485. The molecule has 0 radical (unpaired) electrons. The van der Waals surface area contributed by atoms with E-state index in [4.69, 9.17) is 4.74 Å². The Kier molecular flexibility index (Phi) is 5.03. The molecule has 2 aromatic carbocycles. The molecular formula is C22H17FN4O2. The first-order valence-corrected chi connectivity index (χ1v) is 8.87. The Morgan fingerprint density at radius 2 is 1.86 bits per heavy atom. The van der Waals surface area contributed by atoms with Gasteiger partial charge in [0.2, 0.25) is 5.88 Å². The van der Waals surface area contributed by atoms with Crippen molar-refractivity contribution in [2.45, 2.75) is 0 Å². The summed E-state index contributed by atoms with van der Waals surface area (Å²) in [5, 5.41) is 7.41. The molecule has 2 heterocycles. The summed E-state index contributed by atoms with van der Waals surface area (Å²) in [6, 6.07) is 20.4. The predicted molar refractivity (Wildman–Crippen MR) is 108 cm³/mol. The maximum absolute atomic E-state index is 13.8. The molecule has 0 spiro atoms. The van der Waals surface area contributed by atoms with E-state index in [1.54, 1.807) is 24.3 Å². The van der Waals surface area contributed by atoms with Crippen molar-refractivity contribution < 1.29 is 13.9 Å². The number of nitrogens with one attached hydrogen (secondary N) is 1. The van der Waals surface area contributed by atoms with Crippen molar-refractivity contribution in [3.63, 3.8) is 0 Å². The number of aromatic nitrogens is 3. The van der Waals surface area contributed by atoms with Crippen LogP contribution in [-0.4, -0.2) is 27.8 Å². The lowest BCUT2D eigenvalue weighted by atomic mass is 10.1. The lowest BCUT2D eigenvalue weighted by molar-refractivity contribution is 0.102. The second kappa shape index (κ2) is 7.93. The van der Waals surface area contributed by atoms with E-state index in [-0.39, 0.29) is 5.91 Å². The Labute approximate surface area is 166 Å². The first-order valence-electron chi connectivity index (χ1n) is 8.87. The fraction of sp³-hybridized carbons (Fsp3) is 0.0455. The number of hydrogen-bond donors (Lipinski definition) is 1. The summed E-state index contributed by atoms with van der Waals surface area (Å²) in [4.78, 5) is 16.8. The molecule has 0 fully saturated rings. The zero-order chi connectivity index (χ0) is 20.2. The van der Waals surface area contributed by atoms with E-state index in [0.717, 1.165) is 5.56 Å². The molecule has 144 valence electrons. The molecule has 0 aliphatic carbocycles. The summed E-state index contributed by atoms with van der Waals surface area (Å²) < 4.78 is 20.4. The summed E-state index contributed by atoms with van der Waals surface area (Å²) in [5.41, 5.74) is 2.40. The number of nitrogens with zero attached hydrogens (tertiary/aromatic N) is 3. The largest absolute Gasteiger partial charge is 0.481 e. The van der Waals surface area contributed by atoms with Crippen LogP contribution in [0.1, 0.15) is 10.4 Å². The molecule has 6 nitrogen and oxygen atoms in total. The van der Waals surface area contributed by atoms with Gasteiger partial charge < -0.3 is 10.1 Å². The van der Waals surface area contributed by atoms with Crippen LogP contribution in [0.2, 0.25) is 0 Å². The smallest absolute Gasteiger partial charge is 0.257 e. The van der Waals surface area contributed by atoms with Crippen molar-refractivity contribution in [1.29, 1.82) is 0 Å². The van der Waals surface area contributed by atoms with Crippen molar-refractivity contribution in [2.75, 3.05) is 12.4 Å². The number of halogens is 1. The van der Waals surface area contributed by atoms with E-state index in [2.05, 4.69) is 15.4 Å². The molecule has 7 heteroatoms. The number of hydrogen-bond acceptors (Lipinski definition) is 4. The minimum atomic E-state index is -0.393. The third-order valence-corrected chi connectivity index (χ3v) is 4.28. The van der Waals surface area contributed by atoms with Crippen molar-refractivity contribution >= 4 is 11.7 Å². The van der Waals surface area contributed by atoms with Crippen LogP contribution in [0.5, 0.6) is 5.88 Å². The van der Waals surface area contributed by atoms with Crippen molar-refractivity contribution in [1.82, 2.24) is 14.8 Å². The van der Waals surface area contributed by atoms with Gasteiger partial charge in [-0.2, -0.15) is 5.10 Å². The Hall–Kier alpha value is -4.00. The van der Waals surface area contributed by atoms with Gasteiger partial charge in [-0.15, -0.1) is 0 Å². The average molecular weight is 388 g/mol. The number of rotatable bonds is 5. The van der Waals surface area contributed by atoms with Gasteiger partial charge in [-0.25, -0.2) is 14.1 Å². The Morgan fingerprint density at radius 1 is 1.03 bits per heavy atom. The van der Waals surface area contributed by atoms with Crippen LogP contribution in [0.3, 0.4) is 0 Å². The Bertz CT molecular complexity index is 1160. The molecule has 4 rings (SSSR count). The van der Waals surface area contributed by atoms with Crippen LogP contribution in [0.25, 0.3) is 16.9 Å². The zero-order valence-electron chi connectivity index (χ0n) is 15.5. The number of pyridine rings is 1. The van der Waals surface area contributed by atoms with Crippen LogP contribution in [0, 0.1) is 5.82 Å². The maximum Gasteiger partial charge on any atom is 0.257 e. The van der Waals surface area contributed by atoms with Crippen LogP contribution in [0.15, 0.2) is 79.0 Å². The fourth-order valence-corrected chi connectivity index (χ4v) is 2.88. The number of carbonyl (C=O) groups excluding carboxylic acids is 1. The first kappa shape index (κ1) is 18.4. The second-order valence-electron chi connectivity index (χ2n) is 6.21. The number of ether oxygens (including phenoxy) is 1. The molecule has 1 amide bonds. The summed E-state index contributed by atoms with van der Waals surface area (Å²) in [7, 11) is 1.48. The second-order valence-corrected chi connectivity index (χ2v) is 6.21. The van der Waals surface area contributed by atoms with Gasteiger partial charge in [0.05, 0.1) is 18.5 Å². The van der Waals surface area contributed by atoms with Gasteiger partial charge in [0.15, 0.2) is 0 Å². The Morgan fingerprint density at radius 3 is 2.62 bits per heavy atom. The van der Waals surface area contributed by atoms with Gasteiger partial charge in [-0.3, -0.25) is 4.79 Å². The van der Waals surface area contributed by atoms with Gasteiger partial charge in [-0.1, -0.05) is 36.4 Å². The molecule has 0 saturated heterocycles. The number of anilines is 1. The van der Waals surface area contributed by atoms with E-state index in [1.165, 1.54) is 36.2 Å². The van der Waals surface area contributed by atoms with Crippen LogP contribution in [0.4, 0.5) is 10.2 Å². The topological polar surface area (TPSA) is 69.0 Å². The molecule has 0 atom stereocenters. The molecule has 4 aromatic rings. The Balaban J connectivity index is 1.74. The van der Waals surface area contributed by atoms with Gasteiger partial charge in [0.25, 0.3) is 5.91 Å². The molecule has 29 heavy (non-hydrogen) atoms. The third-order valence-electron chi connectivity index (χ3n) is 4.28. The summed E-state index contributed by atoms with van der Waals surface area (Å²) in [6.07, 6.45) is 1.49. The van der Waals surface area contributed by atoms with E-state index in [9.17, 15) is 9.18 Å². The molecule has 0 aliphatic rings. The fourth-order valence-electron chi connectivity index (χ4n) is 2.88. The highest BCUT2D eigenvalue weighted by atomic mass is 19.1. The van der Waals surface area contributed by atoms with Crippen LogP contribution < -0.4 is 10.1 Å². The van der Waals surface area contributed by atoms with E-state index in [0.29, 0.717) is 28.6 Å². The highest BCUT2D eigenvalue weighted by Crippen LogP contribution is 2.25. The number of methoxy groups -OCH3 is 1. The lowest BCUT2D eigenvalue weighted by Gasteiger charge is -2.09. The zero-order valence-corrected chi connectivity index (χ0v) is 15.5. The highest BCUT2D eigenvalue weighted by molar-refractivity contribution is 6.04. The van der Waals surface area contributed by atoms with E-state index in [1.807, 2.05) is 30.3 Å². The van der Waals surface area contributed by atoms with Gasteiger partial charge in [0, 0.05) is 29.5 Å². The van der Waals surface area contributed by atoms with E-state index >= 15 is 0 Å². The van der Waals surface area contributed by atoms with Crippen molar-refractivity contribution in [2.24, 2.45) is 0 Å². The van der Waals surface area contributed by atoms with Gasteiger partial charge in [0.1, 0.15) is 11.6 Å². The monoisotopic (exact) mass is 388 g/mol. The van der Waals surface area contributed by atoms with Crippen LogP contribution in [-0.2, 0) is 0 Å². The normalized spacial score (nSPS) is 10.6. The lowest BCUT2D eigenvalue weighted by Crippen LogP contribution is -2.15.